The van der Waals surface area contributed by atoms with Gasteiger partial charge in [-0.1, -0.05) is 55.3 Å². The summed E-state index contributed by atoms with van der Waals surface area (Å²) in [6.07, 6.45) is 3.47. The Bertz CT molecular complexity index is 887. The van der Waals surface area contributed by atoms with Gasteiger partial charge in [0.15, 0.2) is 0 Å². The maximum absolute atomic E-state index is 12.5. The molecule has 2 aromatic carbocycles. The summed E-state index contributed by atoms with van der Waals surface area (Å²) in [6.45, 7) is 0.633. The molecule has 0 spiro atoms. The summed E-state index contributed by atoms with van der Waals surface area (Å²) in [5.74, 6) is -0.286. The van der Waals surface area contributed by atoms with Crippen molar-refractivity contribution in [2.24, 2.45) is 11.8 Å². The third-order valence-corrected chi connectivity index (χ3v) is 5.90. The van der Waals surface area contributed by atoms with Crippen LogP contribution in [0.3, 0.4) is 0 Å². The Morgan fingerprint density at radius 1 is 0.900 bits per heavy atom. The summed E-state index contributed by atoms with van der Waals surface area (Å²) in [7, 11) is 0. The van der Waals surface area contributed by atoms with Gasteiger partial charge in [0, 0.05) is 6.54 Å². The summed E-state index contributed by atoms with van der Waals surface area (Å²) >= 11 is 0. The highest BCUT2D eigenvalue weighted by Gasteiger charge is 2.48. The van der Waals surface area contributed by atoms with Gasteiger partial charge in [0.05, 0.1) is 11.8 Å². The van der Waals surface area contributed by atoms with E-state index in [0.29, 0.717) is 13.2 Å². The molecule has 0 radical (unpaired) electrons. The van der Waals surface area contributed by atoms with E-state index in [9.17, 15) is 14.4 Å². The molecule has 1 aliphatic carbocycles. The van der Waals surface area contributed by atoms with Crippen molar-refractivity contribution >= 4 is 17.7 Å². The predicted molar refractivity (Wildman–Crippen MR) is 111 cm³/mol. The van der Waals surface area contributed by atoms with Gasteiger partial charge in [0.1, 0.15) is 18.9 Å². The molecule has 4 rings (SSSR count). The molecule has 2 aromatic rings. The van der Waals surface area contributed by atoms with Gasteiger partial charge in [0.2, 0.25) is 17.7 Å². The van der Waals surface area contributed by atoms with Crippen LogP contribution in [0.4, 0.5) is 0 Å². The zero-order valence-corrected chi connectivity index (χ0v) is 16.9. The molecule has 6 heteroatoms. The molecule has 0 unspecified atom stereocenters. The maximum atomic E-state index is 12.5. The molecule has 0 bridgehead atoms. The number of nitrogens with one attached hydrogen (secondary N) is 1. The molecule has 30 heavy (non-hydrogen) atoms. The Morgan fingerprint density at radius 2 is 1.50 bits per heavy atom. The monoisotopic (exact) mass is 406 g/mol. The fourth-order valence-corrected chi connectivity index (χ4v) is 4.22. The molecule has 2 atom stereocenters. The maximum Gasteiger partial charge on any atom is 0.240 e. The first-order valence-corrected chi connectivity index (χ1v) is 10.5. The molecule has 3 amide bonds. The largest absolute Gasteiger partial charge is 0.489 e. The number of likely N-dealkylation sites (tertiary alicyclic amines) is 1. The van der Waals surface area contributed by atoms with Crippen molar-refractivity contribution in [3.63, 3.8) is 0 Å². The van der Waals surface area contributed by atoms with E-state index in [-0.39, 0.29) is 36.1 Å². The highest BCUT2D eigenvalue weighted by atomic mass is 16.5. The number of para-hydroxylation sites is 1. The second kappa shape index (κ2) is 9.11. The number of ether oxygens (including phenoxy) is 1. The van der Waals surface area contributed by atoms with E-state index in [1.54, 1.807) is 0 Å². The van der Waals surface area contributed by atoms with E-state index >= 15 is 0 Å². The van der Waals surface area contributed by atoms with Crippen LogP contribution in [0.2, 0.25) is 0 Å². The van der Waals surface area contributed by atoms with Crippen LogP contribution in [0.25, 0.3) is 0 Å². The lowest BCUT2D eigenvalue weighted by molar-refractivity contribution is -0.143. The first kappa shape index (κ1) is 20.1. The summed E-state index contributed by atoms with van der Waals surface area (Å²) in [6, 6.07) is 17.4. The van der Waals surface area contributed by atoms with Crippen LogP contribution in [0.5, 0.6) is 5.75 Å². The third-order valence-electron chi connectivity index (χ3n) is 5.90. The lowest BCUT2D eigenvalue weighted by Crippen LogP contribution is -2.40. The first-order chi connectivity index (χ1) is 14.6. The molecule has 1 aliphatic heterocycles. The van der Waals surface area contributed by atoms with Gasteiger partial charge in [-0.15, -0.1) is 0 Å². The van der Waals surface area contributed by atoms with Gasteiger partial charge in [-0.05, 0) is 36.1 Å². The Hall–Kier alpha value is -3.15. The lowest BCUT2D eigenvalue weighted by Gasteiger charge is -2.19. The minimum absolute atomic E-state index is 0.178. The molecule has 0 aromatic heterocycles. The van der Waals surface area contributed by atoms with Gasteiger partial charge in [-0.25, -0.2) is 0 Å². The van der Waals surface area contributed by atoms with Crippen molar-refractivity contribution in [1.29, 1.82) is 0 Å². The Balaban J connectivity index is 1.25. The van der Waals surface area contributed by atoms with Crippen molar-refractivity contribution in [2.75, 3.05) is 6.54 Å². The third kappa shape index (κ3) is 4.53. The standard InChI is InChI=1S/C24H26N2O4/c27-22(15-26-23(28)20-8-4-5-9-21(20)24(26)29)25-14-17-10-12-18(13-11-17)16-30-19-6-2-1-3-7-19/h1-3,6-7,10-13,20-21H,4-5,8-9,14-16H2,(H,25,27)/t20-,21+. The number of rotatable bonds is 7. The number of carbonyl (C=O) groups is 3. The minimum Gasteiger partial charge on any atom is -0.489 e. The number of hydrogen-bond donors (Lipinski definition) is 1. The Morgan fingerprint density at radius 3 is 2.13 bits per heavy atom. The molecule has 1 saturated carbocycles. The quantitative estimate of drug-likeness (QED) is 0.717. The number of nitrogens with zero attached hydrogens (tertiary/aromatic N) is 1. The van der Waals surface area contributed by atoms with E-state index in [4.69, 9.17) is 4.74 Å². The molecular formula is C24H26N2O4. The molecule has 1 heterocycles. The summed E-state index contributed by atoms with van der Waals surface area (Å²) in [5.41, 5.74) is 1.98. The Kier molecular flexibility index (Phi) is 6.12. The second-order valence-electron chi connectivity index (χ2n) is 7.96. The number of hydrogen-bond acceptors (Lipinski definition) is 4. The van der Waals surface area contributed by atoms with Gasteiger partial charge in [-0.2, -0.15) is 0 Å². The zero-order valence-electron chi connectivity index (χ0n) is 16.9. The van der Waals surface area contributed by atoms with Crippen molar-refractivity contribution in [3.8, 4) is 5.75 Å². The van der Waals surface area contributed by atoms with Crippen LogP contribution in [-0.2, 0) is 27.5 Å². The molecule has 2 fully saturated rings. The lowest BCUT2D eigenvalue weighted by atomic mass is 9.81. The van der Waals surface area contributed by atoms with Gasteiger partial charge < -0.3 is 10.1 Å². The van der Waals surface area contributed by atoms with Crippen LogP contribution in [0, 0.1) is 11.8 Å². The van der Waals surface area contributed by atoms with Crippen LogP contribution >= 0.6 is 0 Å². The van der Waals surface area contributed by atoms with Crippen molar-refractivity contribution in [3.05, 3.63) is 65.7 Å². The van der Waals surface area contributed by atoms with Gasteiger partial charge >= 0.3 is 0 Å². The predicted octanol–water partition coefficient (Wildman–Crippen LogP) is 3.06. The molecule has 1 N–H and O–H groups in total. The topological polar surface area (TPSA) is 75.7 Å². The molecule has 6 nitrogen and oxygen atoms in total. The van der Waals surface area contributed by atoms with Crippen LogP contribution < -0.4 is 10.1 Å². The normalized spacial score (nSPS) is 20.7. The van der Waals surface area contributed by atoms with Crippen LogP contribution in [-0.4, -0.2) is 29.2 Å². The van der Waals surface area contributed by atoms with Gasteiger partial charge in [0.25, 0.3) is 0 Å². The number of carbonyl (C=O) groups excluding carboxylic acids is 3. The number of fused-ring (bicyclic) bond motifs is 1. The number of benzene rings is 2. The first-order valence-electron chi connectivity index (χ1n) is 10.5. The second-order valence-corrected chi connectivity index (χ2v) is 7.96. The van der Waals surface area contributed by atoms with E-state index in [1.165, 1.54) is 0 Å². The van der Waals surface area contributed by atoms with Crippen molar-refractivity contribution in [1.82, 2.24) is 10.2 Å². The van der Waals surface area contributed by atoms with E-state index in [2.05, 4.69) is 5.32 Å². The minimum atomic E-state index is -0.313. The SMILES string of the molecule is O=C(CN1C(=O)[C@H]2CCCC[C@H]2C1=O)NCc1ccc(COc2ccccc2)cc1. The van der Waals surface area contributed by atoms with Crippen LogP contribution in [0.1, 0.15) is 36.8 Å². The average molecular weight is 406 g/mol. The van der Waals surface area contributed by atoms with E-state index < -0.39 is 0 Å². The summed E-state index contributed by atoms with van der Waals surface area (Å²) in [5, 5.41) is 2.81. The average Bonchev–Trinajstić information content (AvgIpc) is 3.03. The smallest absolute Gasteiger partial charge is 0.240 e. The molecule has 1 saturated heterocycles. The van der Waals surface area contributed by atoms with Crippen LogP contribution in [0.15, 0.2) is 54.6 Å². The van der Waals surface area contributed by atoms with Crippen molar-refractivity contribution in [2.45, 2.75) is 38.8 Å². The fraction of sp³-hybridized carbons (Fsp3) is 0.375. The fourth-order valence-electron chi connectivity index (χ4n) is 4.22. The summed E-state index contributed by atoms with van der Waals surface area (Å²) in [4.78, 5) is 38.4. The molecular weight excluding hydrogens is 380 g/mol. The van der Waals surface area contributed by atoms with Gasteiger partial charge in [-0.3, -0.25) is 19.3 Å². The molecule has 156 valence electrons. The number of imide groups is 1. The van der Waals surface area contributed by atoms with Crippen molar-refractivity contribution < 1.29 is 19.1 Å². The van der Waals surface area contributed by atoms with E-state index in [1.807, 2.05) is 54.6 Å². The zero-order chi connectivity index (χ0) is 20.9. The molecule has 2 aliphatic rings. The summed E-state index contributed by atoms with van der Waals surface area (Å²) < 4.78 is 5.73. The van der Waals surface area contributed by atoms with E-state index in [0.717, 1.165) is 47.5 Å². The Labute approximate surface area is 176 Å². The highest BCUT2D eigenvalue weighted by molar-refractivity contribution is 6.07. The number of amides is 3. The highest BCUT2D eigenvalue weighted by Crippen LogP contribution is 2.37.